The van der Waals surface area contributed by atoms with Crippen molar-refractivity contribution >= 4 is 40.7 Å². The van der Waals surface area contributed by atoms with Gasteiger partial charge in [0, 0.05) is 37.8 Å². The number of hydrogen-bond donors (Lipinski definition) is 0. The van der Waals surface area contributed by atoms with Crippen LogP contribution in [0.25, 0.3) is 0 Å². The molecule has 0 aromatic heterocycles. The first-order valence-corrected chi connectivity index (χ1v) is 9.39. The van der Waals surface area contributed by atoms with E-state index in [4.69, 9.17) is 27.9 Å². The number of carbonyl (C=O) groups excluding carboxylic acids is 2. The predicted octanol–water partition coefficient (Wildman–Crippen LogP) is 3.23. The van der Waals surface area contributed by atoms with Crippen molar-refractivity contribution in [1.82, 2.24) is 4.90 Å². The van der Waals surface area contributed by atoms with Gasteiger partial charge in [-0.25, -0.2) is 0 Å². The van der Waals surface area contributed by atoms with Gasteiger partial charge in [-0.05, 0) is 38.0 Å². The molecule has 0 unspecified atom stereocenters. The van der Waals surface area contributed by atoms with E-state index in [2.05, 4.69) is 0 Å². The van der Waals surface area contributed by atoms with Gasteiger partial charge in [0.25, 0.3) is 0 Å². The summed E-state index contributed by atoms with van der Waals surface area (Å²) in [7, 11) is 0. The molecule has 2 amide bonds. The molecule has 7 heteroatoms. The number of carbonyl (C=O) groups is 2. The van der Waals surface area contributed by atoms with Gasteiger partial charge >= 0.3 is 0 Å². The second-order valence-electron chi connectivity index (χ2n) is 6.54. The molecule has 0 saturated carbocycles. The van der Waals surface area contributed by atoms with Crippen LogP contribution < -0.4 is 4.90 Å². The Bertz CT molecular complexity index is 662. The van der Waals surface area contributed by atoms with Crippen LogP contribution in [0.5, 0.6) is 0 Å². The first-order chi connectivity index (χ1) is 12.0. The minimum Gasteiger partial charge on any atom is -0.381 e. The van der Waals surface area contributed by atoms with E-state index in [-0.39, 0.29) is 11.8 Å². The van der Waals surface area contributed by atoms with Crippen molar-refractivity contribution in [3.8, 4) is 0 Å². The van der Waals surface area contributed by atoms with Crippen LogP contribution in [0.1, 0.15) is 19.8 Å². The highest BCUT2D eigenvalue weighted by molar-refractivity contribution is 6.42. The van der Waals surface area contributed by atoms with Gasteiger partial charge in [0.15, 0.2) is 0 Å². The first kappa shape index (κ1) is 18.5. The van der Waals surface area contributed by atoms with Gasteiger partial charge in [-0.1, -0.05) is 23.2 Å². The SMILES string of the molecule is CCN(C[C@@H]1CCOC1)C(=O)[C@H]1CCN(c2ccc(Cl)c(Cl)c2)C1=O. The van der Waals surface area contributed by atoms with Crippen LogP contribution in [-0.4, -0.2) is 49.6 Å². The third kappa shape index (κ3) is 3.94. The normalized spacial score (nSPS) is 23.3. The van der Waals surface area contributed by atoms with E-state index < -0.39 is 5.92 Å². The lowest BCUT2D eigenvalue weighted by Crippen LogP contribution is -2.42. The van der Waals surface area contributed by atoms with Crippen molar-refractivity contribution in [2.24, 2.45) is 11.8 Å². The fraction of sp³-hybridized carbons (Fsp3) is 0.556. The molecule has 5 nitrogen and oxygen atoms in total. The Labute approximate surface area is 157 Å². The van der Waals surface area contributed by atoms with E-state index in [9.17, 15) is 9.59 Å². The van der Waals surface area contributed by atoms with Crippen molar-refractivity contribution in [2.75, 3.05) is 37.7 Å². The molecule has 2 heterocycles. The summed E-state index contributed by atoms with van der Waals surface area (Å²) in [5.41, 5.74) is 0.682. The van der Waals surface area contributed by atoms with Gasteiger partial charge in [-0.15, -0.1) is 0 Å². The number of benzene rings is 1. The van der Waals surface area contributed by atoms with Gasteiger partial charge in [-0.3, -0.25) is 9.59 Å². The Kier molecular flexibility index (Phi) is 5.87. The van der Waals surface area contributed by atoms with Crippen LogP contribution in [0.15, 0.2) is 18.2 Å². The van der Waals surface area contributed by atoms with Crippen molar-refractivity contribution in [3.63, 3.8) is 0 Å². The largest absolute Gasteiger partial charge is 0.381 e. The molecule has 1 aromatic carbocycles. The van der Waals surface area contributed by atoms with Crippen molar-refractivity contribution < 1.29 is 14.3 Å². The molecule has 0 N–H and O–H groups in total. The zero-order chi connectivity index (χ0) is 18.0. The molecule has 3 rings (SSSR count). The Morgan fingerprint density at radius 1 is 1.32 bits per heavy atom. The number of amides is 2. The minimum atomic E-state index is -0.614. The molecule has 2 fully saturated rings. The lowest BCUT2D eigenvalue weighted by Gasteiger charge is -2.26. The maximum Gasteiger partial charge on any atom is 0.239 e. The van der Waals surface area contributed by atoms with E-state index in [1.165, 1.54) is 0 Å². The van der Waals surface area contributed by atoms with Crippen LogP contribution in [0.4, 0.5) is 5.69 Å². The smallest absolute Gasteiger partial charge is 0.239 e. The summed E-state index contributed by atoms with van der Waals surface area (Å²) in [4.78, 5) is 29.1. The molecule has 0 aliphatic carbocycles. The first-order valence-electron chi connectivity index (χ1n) is 8.64. The molecule has 2 atom stereocenters. The summed E-state index contributed by atoms with van der Waals surface area (Å²) in [5.74, 6) is -0.491. The lowest BCUT2D eigenvalue weighted by atomic mass is 10.0. The molecule has 0 bridgehead atoms. The standard InChI is InChI=1S/C18H22Cl2N2O3/c1-2-21(10-12-6-8-25-11-12)17(23)14-5-7-22(18(14)24)13-3-4-15(19)16(20)9-13/h3-4,9,12,14H,2,5-8,10-11H2,1H3/t12-,14+/m0/s1. The quantitative estimate of drug-likeness (QED) is 0.732. The maximum atomic E-state index is 12.9. The molecule has 2 saturated heterocycles. The van der Waals surface area contributed by atoms with E-state index in [1.807, 2.05) is 6.92 Å². The summed E-state index contributed by atoms with van der Waals surface area (Å²) in [5, 5.41) is 0.846. The zero-order valence-electron chi connectivity index (χ0n) is 14.2. The Morgan fingerprint density at radius 2 is 2.12 bits per heavy atom. The maximum absolute atomic E-state index is 12.9. The summed E-state index contributed by atoms with van der Waals surface area (Å²) >= 11 is 12.0. The zero-order valence-corrected chi connectivity index (χ0v) is 15.7. The Balaban J connectivity index is 1.69. The second-order valence-corrected chi connectivity index (χ2v) is 7.35. The number of rotatable bonds is 5. The van der Waals surface area contributed by atoms with Crippen LogP contribution in [-0.2, 0) is 14.3 Å². The summed E-state index contributed by atoms with van der Waals surface area (Å²) in [6.45, 7) is 5.17. The van der Waals surface area contributed by atoms with Crippen molar-refractivity contribution in [1.29, 1.82) is 0 Å². The van der Waals surface area contributed by atoms with Gasteiger partial charge in [-0.2, -0.15) is 0 Å². The summed E-state index contributed by atoms with van der Waals surface area (Å²) < 4.78 is 5.39. The molecular weight excluding hydrogens is 363 g/mol. The van der Waals surface area contributed by atoms with Crippen LogP contribution in [0.3, 0.4) is 0 Å². The number of halogens is 2. The van der Waals surface area contributed by atoms with Crippen LogP contribution >= 0.6 is 23.2 Å². The van der Waals surface area contributed by atoms with E-state index in [0.717, 1.165) is 13.0 Å². The van der Waals surface area contributed by atoms with Gasteiger partial charge in [0.2, 0.25) is 11.8 Å². The Hall–Kier alpha value is -1.30. The Morgan fingerprint density at radius 3 is 2.76 bits per heavy atom. The molecule has 2 aliphatic rings. The lowest BCUT2D eigenvalue weighted by molar-refractivity contribution is -0.140. The number of ether oxygens (including phenoxy) is 1. The molecule has 0 radical (unpaired) electrons. The van der Waals surface area contributed by atoms with E-state index in [1.54, 1.807) is 28.0 Å². The van der Waals surface area contributed by atoms with Crippen molar-refractivity contribution in [2.45, 2.75) is 19.8 Å². The molecule has 136 valence electrons. The molecule has 2 aliphatic heterocycles. The summed E-state index contributed by atoms with van der Waals surface area (Å²) in [6, 6.07) is 5.09. The third-order valence-electron chi connectivity index (χ3n) is 4.91. The van der Waals surface area contributed by atoms with Gasteiger partial charge < -0.3 is 14.5 Å². The number of anilines is 1. The highest BCUT2D eigenvalue weighted by atomic mass is 35.5. The highest BCUT2D eigenvalue weighted by Crippen LogP contribution is 2.31. The molecular formula is C18H22Cl2N2O3. The third-order valence-corrected chi connectivity index (χ3v) is 5.65. The fourth-order valence-electron chi connectivity index (χ4n) is 3.45. The topological polar surface area (TPSA) is 49.9 Å². The molecule has 25 heavy (non-hydrogen) atoms. The molecule has 0 spiro atoms. The van der Waals surface area contributed by atoms with Crippen LogP contribution in [0.2, 0.25) is 10.0 Å². The van der Waals surface area contributed by atoms with Gasteiger partial charge in [0.1, 0.15) is 5.92 Å². The van der Waals surface area contributed by atoms with Crippen LogP contribution in [0, 0.1) is 11.8 Å². The van der Waals surface area contributed by atoms with E-state index >= 15 is 0 Å². The highest BCUT2D eigenvalue weighted by Gasteiger charge is 2.40. The summed E-state index contributed by atoms with van der Waals surface area (Å²) in [6.07, 6.45) is 1.49. The predicted molar refractivity (Wildman–Crippen MR) is 98.1 cm³/mol. The minimum absolute atomic E-state index is 0.0815. The monoisotopic (exact) mass is 384 g/mol. The average Bonchev–Trinajstić information content (AvgIpc) is 3.24. The van der Waals surface area contributed by atoms with E-state index in [0.29, 0.717) is 54.3 Å². The second kappa shape index (κ2) is 7.94. The van der Waals surface area contributed by atoms with Gasteiger partial charge in [0.05, 0.1) is 16.7 Å². The molecule has 1 aromatic rings. The number of hydrogen-bond acceptors (Lipinski definition) is 3. The average molecular weight is 385 g/mol. The van der Waals surface area contributed by atoms with Crippen molar-refractivity contribution in [3.05, 3.63) is 28.2 Å². The fourth-order valence-corrected chi connectivity index (χ4v) is 3.74. The number of nitrogens with zero attached hydrogens (tertiary/aromatic N) is 2.